The third-order valence-electron chi connectivity index (χ3n) is 3.85. The standard InChI is InChI=1S/C20H25NO2/c1-3-4-5-6-9-18(17(2)22)16-19-10-7-8-11-20(19)21-12-14-23-15-13-21/h7-8,10-11,16H,3-5,12-15H2,1-2H3/b18-16+. The molecule has 0 radical (unpaired) electrons. The minimum atomic E-state index is 0.0192. The van der Waals surface area contributed by atoms with E-state index in [1.165, 1.54) is 0 Å². The topological polar surface area (TPSA) is 29.5 Å². The van der Waals surface area contributed by atoms with Crippen LogP contribution < -0.4 is 4.90 Å². The number of carbonyl (C=O) groups excluding carboxylic acids is 1. The molecule has 0 unspecified atom stereocenters. The molecular formula is C20H25NO2. The van der Waals surface area contributed by atoms with E-state index in [9.17, 15) is 4.79 Å². The summed E-state index contributed by atoms with van der Waals surface area (Å²) < 4.78 is 5.42. The van der Waals surface area contributed by atoms with Crippen molar-refractivity contribution in [3.05, 3.63) is 35.4 Å². The number of Topliss-reactive ketones (excluding diaryl/α,β-unsaturated/α-hetero) is 1. The minimum absolute atomic E-state index is 0.0192. The lowest BCUT2D eigenvalue weighted by atomic mass is 10.1. The summed E-state index contributed by atoms with van der Waals surface area (Å²) in [6, 6.07) is 8.17. The number of allylic oxidation sites excluding steroid dienone is 1. The van der Waals surface area contributed by atoms with Crippen molar-refractivity contribution in [2.24, 2.45) is 0 Å². The van der Waals surface area contributed by atoms with E-state index in [4.69, 9.17) is 4.74 Å². The van der Waals surface area contributed by atoms with E-state index in [0.29, 0.717) is 5.57 Å². The number of hydrogen-bond acceptors (Lipinski definition) is 3. The third-order valence-corrected chi connectivity index (χ3v) is 3.85. The minimum Gasteiger partial charge on any atom is -0.378 e. The third kappa shape index (κ3) is 5.26. The molecule has 122 valence electrons. The lowest BCUT2D eigenvalue weighted by Crippen LogP contribution is -2.36. The number of ether oxygens (including phenoxy) is 1. The van der Waals surface area contributed by atoms with Crippen LogP contribution in [-0.4, -0.2) is 32.1 Å². The molecule has 1 aromatic carbocycles. The Kier molecular flexibility index (Phi) is 6.90. The highest BCUT2D eigenvalue weighted by molar-refractivity contribution is 6.02. The van der Waals surface area contributed by atoms with Crippen molar-refractivity contribution in [3.8, 4) is 11.8 Å². The molecule has 1 aromatic rings. The zero-order valence-electron chi connectivity index (χ0n) is 14.1. The molecule has 0 N–H and O–H groups in total. The second kappa shape index (κ2) is 9.17. The SMILES string of the molecule is CCCCC#C/C(=C\c1ccccc1N1CCOCC1)C(C)=O. The maximum Gasteiger partial charge on any atom is 0.168 e. The van der Waals surface area contributed by atoms with Crippen LogP contribution >= 0.6 is 0 Å². The number of hydrogen-bond donors (Lipinski definition) is 0. The van der Waals surface area contributed by atoms with Crippen LogP contribution in [0.25, 0.3) is 6.08 Å². The molecule has 0 bridgehead atoms. The van der Waals surface area contributed by atoms with E-state index in [0.717, 1.165) is 56.8 Å². The van der Waals surface area contributed by atoms with Gasteiger partial charge in [-0.1, -0.05) is 43.4 Å². The normalized spacial score (nSPS) is 15.0. The molecule has 1 aliphatic rings. The molecule has 1 fully saturated rings. The summed E-state index contributed by atoms with van der Waals surface area (Å²) in [6.45, 7) is 6.97. The van der Waals surface area contributed by atoms with Crippen LogP contribution in [0.3, 0.4) is 0 Å². The number of rotatable bonds is 5. The van der Waals surface area contributed by atoms with Gasteiger partial charge in [0.1, 0.15) is 0 Å². The Morgan fingerprint density at radius 2 is 2.04 bits per heavy atom. The average Bonchev–Trinajstić information content (AvgIpc) is 2.58. The summed E-state index contributed by atoms with van der Waals surface area (Å²) in [5.74, 6) is 6.18. The number of anilines is 1. The van der Waals surface area contributed by atoms with Crippen molar-refractivity contribution in [1.29, 1.82) is 0 Å². The molecule has 0 aliphatic carbocycles. The van der Waals surface area contributed by atoms with Gasteiger partial charge in [0.2, 0.25) is 0 Å². The quantitative estimate of drug-likeness (QED) is 0.472. The van der Waals surface area contributed by atoms with E-state index < -0.39 is 0 Å². The predicted octanol–water partition coefficient (Wildman–Crippen LogP) is 3.69. The van der Waals surface area contributed by atoms with Gasteiger partial charge in [-0.3, -0.25) is 4.79 Å². The van der Waals surface area contributed by atoms with Crippen molar-refractivity contribution in [3.63, 3.8) is 0 Å². The first-order valence-electron chi connectivity index (χ1n) is 8.35. The first-order valence-corrected chi connectivity index (χ1v) is 8.35. The Morgan fingerprint density at radius 1 is 1.30 bits per heavy atom. The first-order chi connectivity index (χ1) is 11.2. The monoisotopic (exact) mass is 311 g/mol. The van der Waals surface area contributed by atoms with Gasteiger partial charge in [-0.25, -0.2) is 0 Å². The van der Waals surface area contributed by atoms with Gasteiger partial charge in [-0.05, 0) is 31.1 Å². The van der Waals surface area contributed by atoms with Crippen LogP contribution in [0, 0.1) is 11.8 Å². The maximum absolute atomic E-state index is 11.9. The fourth-order valence-electron chi connectivity index (χ4n) is 2.51. The number of benzene rings is 1. The number of carbonyl (C=O) groups is 1. The van der Waals surface area contributed by atoms with Gasteiger partial charge in [0, 0.05) is 25.2 Å². The first kappa shape index (κ1) is 17.3. The summed E-state index contributed by atoms with van der Waals surface area (Å²) >= 11 is 0. The fourth-order valence-corrected chi connectivity index (χ4v) is 2.51. The van der Waals surface area contributed by atoms with Gasteiger partial charge < -0.3 is 9.64 Å². The summed E-state index contributed by atoms with van der Waals surface area (Å²) in [6.07, 6.45) is 4.95. The lowest BCUT2D eigenvalue weighted by Gasteiger charge is -2.30. The molecule has 3 heteroatoms. The van der Waals surface area contributed by atoms with Crippen molar-refractivity contribution in [1.82, 2.24) is 0 Å². The van der Waals surface area contributed by atoms with E-state index in [1.807, 2.05) is 24.3 Å². The van der Waals surface area contributed by atoms with Crippen LogP contribution in [0.5, 0.6) is 0 Å². The van der Waals surface area contributed by atoms with Gasteiger partial charge in [0.05, 0.1) is 18.8 Å². The molecule has 0 atom stereocenters. The molecule has 0 saturated carbocycles. The second-order valence-electron chi connectivity index (χ2n) is 5.68. The molecule has 23 heavy (non-hydrogen) atoms. The van der Waals surface area contributed by atoms with E-state index in [1.54, 1.807) is 6.92 Å². The Morgan fingerprint density at radius 3 is 2.74 bits per heavy atom. The summed E-state index contributed by atoms with van der Waals surface area (Å²) in [7, 11) is 0. The van der Waals surface area contributed by atoms with Crippen LogP contribution in [-0.2, 0) is 9.53 Å². The largest absolute Gasteiger partial charge is 0.378 e. The lowest BCUT2D eigenvalue weighted by molar-refractivity contribution is -0.113. The predicted molar refractivity (Wildman–Crippen MR) is 95.4 cm³/mol. The van der Waals surface area contributed by atoms with E-state index >= 15 is 0 Å². The van der Waals surface area contributed by atoms with E-state index in [2.05, 4.69) is 29.7 Å². The molecule has 1 aliphatic heterocycles. The van der Waals surface area contributed by atoms with Gasteiger partial charge in [0.15, 0.2) is 5.78 Å². The van der Waals surface area contributed by atoms with Crippen LogP contribution in [0.1, 0.15) is 38.7 Å². The van der Waals surface area contributed by atoms with E-state index in [-0.39, 0.29) is 5.78 Å². The molecule has 0 spiro atoms. The molecule has 0 amide bonds. The highest BCUT2D eigenvalue weighted by Crippen LogP contribution is 2.24. The maximum atomic E-state index is 11.9. The summed E-state index contributed by atoms with van der Waals surface area (Å²) in [5.41, 5.74) is 2.77. The number of ketones is 1. The zero-order valence-corrected chi connectivity index (χ0v) is 14.1. The molecule has 0 aromatic heterocycles. The Hall–Kier alpha value is -2.05. The highest BCUT2D eigenvalue weighted by atomic mass is 16.5. The Labute approximate surface area is 139 Å². The van der Waals surface area contributed by atoms with Crippen LogP contribution in [0.4, 0.5) is 5.69 Å². The van der Waals surface area contributed by atoms with Crippen LogP contribution in [0.2, 0.25) is 0 Å². The molecule has 3 nitrogen and oxygen atoms in total. The Bertz CT molecular complexity index is 616. The fraction of sp³-hybridized carbons (Fsp3) is 0.450. The smallest absolute Gasteiger partial charge is 0.168 e. The summed E-state index contributed by atoms with van der Waals surface area (Å²) in [4.78, 5) is 14.2. The van der Waals surface area contributed by atoms with Gasteiger partial charge in [-0.15, -0.1) is 0 Å². The van der Waals surface area contributed by atoms with Gasteiger partial charge in [-0.2, -0.15) is 0 Å². The van der Waals surface area contributed by atoms with Crippen molar-refractivity contribution in [2.75, 3.05) is 31.2 Å². The van der Waals surface area contributed by atoms with Gasteiger partial charge in [0.25, 0.3) is 0 Å². The Balaban J connectivity index is 2.27. The zero-order chi connectivity index (χ0) is 16.5. The highest BCUT2D eigenvalue weighted by Gasteiger charge is 2.14. The number of morpholine rings is 1. The molecule has 1 heterocycles. The van der Waals surface area contributed by atoms with Crippen molar-refractivity contribution in [2.45, 2.75) is 33.1 Å². The number of para-hydroxylation sites is 1. The van der Waals surface area contributed by atoms with Crippen LogP contribution in [0.15, 0.2) is 29.8 Å². The average molecular weight is 311 g/mol. The number of nitrogens with zero attached hydrogens (tertiary/aromatic N) is 1. The molecular weight excluding hydrogens is 286 g/mol. The van der Waals surface area contributed by atoms with Crippen molar-refractivity contribution >= 4 is 17.5 Å². The summed E-state index contributed by atoms with van der Waals surface area (Å²) in [5, 5.41) is 0. The second-order valence-corrected chi connectivity index (χ2v) is 5.68. The molecule has 1 saturated heterocycles. The molecule has 2 rings (SSSR count). The van der Waals surface area contributed by atoms with Gasteiger partial charge >= 0.3 is 0 Å². The van der Waals surface area contributed by atoms with Crippen molar-refractivity contribution < 1.29 is 9.53 Å². The number of unbranched alkanes of at least 4 members (excludes halogenated alkanes) is 2.